The van der Waals surface area contributed by atoms with Gasteiger partial charge < -0.3 is 10.5 Å². The van der Waals surface area contributed by atoms with Gasteiger partial charge in [-0.2, -0.15) is 4.31 Å². The molecule has 1 heterocycles. The number of ether oxygens (including phenoxy) is 1. The van der Waals surface area contributed by atoms with Crippen molar-refractivity contribution in [2.24, 2.45) is 11.7 Å². The minimum atomic E-state index is -3.93. The van der Waals surface area contributed by atoms with Crippen LogP contribution in [-0.4, -0.2) is 44.4 Å². The molecule has 1 unspecified atom stereocenters. The molecule has 1 aromatic carbocycles. The van der Waals surface area contributed by atoms with Gasteiger partial charge in [-0.1, -0.05) is 0 Å². The molecule has 0 radical (unpaired) electrons. The third-order valence-corrected chi connectivity index (χ3v) is 5.71. The summed E-state index contributed by atoms with van der Waals surface area (Å²) in [5.74, 6) is 0.324. The zero-order chi connectivity index (χ0) is 16.3. The molecule has 0 spiro atoms. The molecule has 22 heavy (non-hydrogen) atoms. The molecular formula is C13H19N3O5S. The van der Waals surface area contributed by atoms with Crippen molar-refractivity contribution in [2.75, 3.05) is 26.7 Å². The van der Waals surface area contributed by atoms with Gasteiger partial charge in [0.2, 0.25) is 10.0 Å². The van der Waals surface area contributed by atoms with Crippen LogP contribution in [0.1, 0.15) is 12.8 Å². The molecule has 8 nitrogen and oxygen atoms in total. The average Bonchev–Trinajstić information content (AvgIpc) is 2.54. The second kappa shape index (κ2) is 6.59. The molecule has 0 bridgehead atoms. The molecule has 9 heteroatoms. The molecule has 0 aromatic heterocycles. The van der Waals surface area contributed by atoms with E-state index in [1.165, 1.54) is 23.5 Å². The fraction of sp³-hybridized carbons (Fsp3) is 0.538. The lowest BCUT2D eigenvalue weighted by atomic mass is 10.0. The molecule has 1 aromatic rings. The normalized spacial score (nSPS) is 19.8. The van der Waals surface area contributed by atoms with Gasteiger partial charge in [-0.15, -0.1) is 0 Å². The van der Waals surface area contributed by atoms with Crippen LogP contribution in [0.5, 0.6) is 5.75 Å². The van der Waals surface area contributed by atoms with Crippen molar-refractivity contribution in [3.05, 3.63) is 28.3 Å². The van der Waals surface area contributed by atoms with E-state index < -0.39 is 20.6 Å². The Morgan fingerprint density at radius 1 is 1.50 bits per heavy atom. The van der Waals surface area contributed by atoms with E-state index in [9.17, 15) is 18.5 Å². The highest BCUT2D eigenvalue weighted by molar-refractivity contribution is 7.89. The van der Waals surface area contributed by atoms with Crippen LogP contribution in [0.25, 0.3) is 0 Å². The van der Waals surface area contributed by atoms with Crippen molar-refractivity contribution in [2.45, 2.75) is 17.7 Å². The Kier molecular flexibility index (Phi) is 4.99. The van der Waals surface area contributed by atoms with Crippen LogP contribution in [0.2, 0.25) is 0 Å². The van der Waals surface area contributed by atoms with Gasteiger partial charge in [-0.05, 0) is 37.4 Å². The van der Waals surface area contributed by atoms with Crippen LogP contribution >= 0.6 is 0 Å². The zero-order valence-corrected chi connectivity index (χ0v) is 13.1. The highest BCUT2D eigenvalue weighted by Crippen LogP contribution is 2.32. The molecule has 1 saturated heterocycles. The number of nitro groups is 1. The Hall–Kier alpha value is -1.71. The van der Waals surface area contributed by atoms with Crippen LogP contribution < -0.4 is 10.5 Å². The number of rotatable bonds is 5. The Morgan fingerprint density at radius 2 is 2.23 bits per heavy atom. The van der Waals surface area contributed by atoms with Crippen LogP contribution in [0.3, 0.4) is 0 Å². The summed E-state index contributed by atoms with van der Waals surface area (Å²) in [7, 11) is -2.56. The van der Waals surface area contributed by atoms with E-state index in [0.717, 1.165) is 12.5 Å². The van der Waals surface area contributed by atoms with Gasteiger partial charge >= 0.3 is 0 Å². The largest absolute Gasteiger partial charge is 0.497 e. The van der Waals surface area contributed by atoms with Gasteiger partial charge in [0.05, 0.1) is 18.1 Å². The number of hydrogen-bond donors (Lipinski definition) is 1. The first-order valence-corrected chi connectivity index (χ1v) is 8.36. The second-order valence-electron chi connectivity index (χ2n) is 5.20. The van der Waals surface area contributed by atoms with Gasteiger partial charge in [0.15, 0.2) is 4.90 Å². The number of nitro benzene ring substituents is 1. The zero-order valence-electron chi connectivity index (χ0n) is 12.3. The summed E-state index contributed by atoms with van der Waals surface area (Å²) >= 11 is 0. The Labute approximate surface area is 129 Å². The lowest BCUT2D eigenvalue weighted by Gasteiger charge is -2.31. The smallest absolute Gasteiger partial charge is 0.293 e. The Bertz CT molecular complexity index is 662. The van der Waals surface area contributed by atoms with Crippen LogP contribution in [-0.2, 0) is 10.0 Å². The van der Waals surface area contributed by atoms with Crippen molar-refractivity contribution in [1.82, 2.24) is 4.31 Å². The molecule has 1 fully saturated rings. The topological polar surface area (TPSA) is 116 Å². The highest BCUT2D eigenvalue weighted by Gasteiger charge is 2.34. The summed E-state index contributed by atoms with van der Waals surface area (Å²) in [5.41, 5.74) is 5.14. The second-order valence-corrected chi connectivity index (χ2v) is 7.10. The van der Waals surface area contributed by atoms with Gasteiger partial charge in [0.1, 0.15) is 5.75 Å². The molecule has 122 valence electrons. The van der Waals surface area contributed by atoms with E-state index in [2.05, 4.69) is 0 Å². The van der Waals surface area contributed by atoms with Crippen LogP contribution in [0, 0.1) is 16.0 Å². The third kappa shape index (κ3) is 3.21. The van der Waals surface area contributed by atoms with Crippen molar-refractivity contribution in [3.63, 3.8) is 0 Å². The van der Waals surface area contributed by atoms with Crippen molar-refractivity contribution in [1.29, 1.82) is 0 Å². The molecule has 1 atom stereocenters. The maximum Gasteiger partial charge on any atom is 0.293 e. The van der Waals surface area contributed by atoms with Crippen molar-refractivity contribution < 1.29 is 18.1 Å². The summed E-state index contributed by atoms with van der Waals surface area (Å²) in [6.07, 6.45) is 1.57. The first kappa shape index (κ1) is 16.7. The maximum absolute atomic E-state index is 12.7. The fourth-order valence-corrected chi connectivity index (χ4v) is 4.25. The van der Waals surface area contributed by atoms with Crippen molar-refractivity contribution >= 4 is 15.7 Å². The monoisotopic (exact) mass is 329 g/mol. The van der Waals surface area contributed by atoms with Crippen LogP contribution in [0.15, 0.2) is 23.1 Å². The van der Waals surface area contributed by atoms with Crippen LogP contribution in [0.4, 0.5) is 5.69 Å². The summed E-state index contributed by atoms with van der Waals surface area (Å²) in [6.45, 7) is 1.04. The first-order chi connectivity index (χ1) is 10.4. The molecule has 2 N–H and O–H groups in total. The van der Waals surface area contributed by atoms with Gasteiger partial charge in [-0.25, -0.2) is 8.42 Å². The minimum Gasteiger partial charge on any atom is -0.497 e. The SMILES string of the molecule is COc1ccc(S(=O)(=O)N2CCCC(CN)C2)c([N+](=O)[O-])c1. The van der Waals surface area contributed by atoms with E-state index in [0.29, 0.717) is 26.1 Å². The van der Waals surface area contributed by atoms with E-state index in [1.807, 2.05) is 0 Å². The number of nitrogens with zero attached hydrogens (tertiary/aromatic N) is 2. The van der Waals surface area contributed by atoms with Gasteiger partial charge in [0, 0.05) is 13.1 Å². The van der Waals surface area contributed by atoms with Crippen molar-refractivity contribution in [3.8, 4) is 5.75 Å². The molecule has 1 aliphatic rings. The number of hydrogen-bond acceptors (Lipinski definition) is 6. The summed E-state index contributed by atoms with van der Waals surface area (Å²) in [4.78, 5) is 10.2. The molecule has 0 amide bonds. The maximum atomic E-state index is 12.7. The predicted molar refractivity (Wildman–Crippen MR) is 80.2 cm³/mol. The average molecular weight is 329 g/mol. The number of nitrogens with two attached hydrogens (primary N) is 1. The predicted octanol–water partition coefficient (Wildman–Crippen LogP) is 0.963. The Morgan fingerprint density at radius 3 is 2.82 bits per heavy atom. The quantitative estimate of drug-likeness (QED) is 0.635. The highest BCUT2D eigenvalue weighted by atomic mass is 32.2. The first-order valence-electron chi connectivity index (χ1n) is 6.92. The standard InChI is InChI=1S/C13H19N3O5S/c1-21-11-4-5-13(12(7-11)16(17)18)22(19,20)15-6-2-3-10(8-14)9-15/h4-5,7,10H,2-3,6,8-9,14H2,1H3. The minimum absolute atomic E-state index is 0.0841. The summed E-state index contributed by atoms with van der Waals surface area (Å²) in [6, 6.07) is 3.75. The van der Waals surface area contributed by atoms with Gasteiger partial charge in [-0.3, -0.25) is 10.1 Å². The summed E-state index contributed by atoms with van der Waals surface area (Å²) in [5, 5.41) is 11.2. The number of benzene rings is 1. The van der Waals surface area contributed by atoms with E-state index >= 15 is 0 Å². The fourth-order valence-electron chi connectivity index (χ4n) is 2.56. The molecular weight excluding hydrogens is 310 g/mol. The number of sulfonamides is 1. The third-order valence-electron chi connectivity index (χ3n) is 3.80. The van der Waals surface area contributed by atoms with Gasteiger partial charge in [0.25, 0.3) is 5.69 Å². The van der Waals surface area contributed by atoms with E-state index in [1.54, 1.807) is 0 Å². The number of methoxy groups -OCH3 is 1. The molecule has 2 rings (SSSR count). The van der Waals surface area contributed by atoms with E-state index in [-0.39, 0.29) is 16.6 Å². The number of piperidine rings is 1. The Balaban J connectivity index is 2.42. The molecule has 0 aliphatic carbocycles. The molecule has 0 saturated carbocycles. The lowest BCUT2D eigenvalue weighted by molar-refractivity contribution is -0.387. The van der Waals surface area contributed by atoms with E-state index in [4.69, 9.17) is 10.5 Å². The lowest BCUT2D eigenvalue weighted by Crippen LogP contribution is -2.42. The molecule has 1 aliphatic heterocycles. The summed E-state index contributed by atoms with van der Waals surface area (Å²) < 4.78 is 31.6.